The third-order valence-electron chi connectivity index (χ3n) is 3.09. The van der Waals surface area contributed by atoms with Crippen LogP contribution in [-0.4, -0.2) is 19.5 Å². The minimum Gasteiger partial charge on any atom is -0.497 e. The molecule has 3 heteroatoms. The monoisotopic (exact) mass is 270 g/mol. The maximum atomic E-state index is 12.0. The van der Waals surface area contributed by atoms with Crippen molar-refractivity contribution in [2.24, 2.45) is 0 Å². The third kappa shape index (κ3) is 3.60. The highest BCUT2D eigenvalue weighted by molar-refractivity contribution is 5.97. The molecule has 104 valence electrons. The van der Waals surface area contributed by atoms with Gasteiger partial charge in [0.1, 0.15) is 11.5 Å². The highest BCUT2D eigenvalue weighted by Gasteiger charge is 2.07. The molecule has 0 spiro atoms. The van der Waals surface area contributed by atoms with E-state index in [1.165, 1.54) is 5.56 Å². The molecule has 0 saturated heterocycles. The molecule has 0 atom stereocenters. The molecule has 20 heavy (non-hydrogen) atoms. The summed E-state index contributed by atoms with van der Waals surface area (Å²) in [5, 5.41) is 0. The van der Waals surface area contributed by atoms with Crippen molar-refractivity contribution in [3.63, 3.8) is 0 Å². The first-order chi connectivity index (χ1) is 9.72. The Morgan fingerprint density at radius 1 is 1.05 bits per heavy atom. The van der Waals surface area contributed by atoms with Gasteiger partial charge >= 0.3 is 0 Å². The molecular formula is C17H18O3. The second kappa shape index (κ2) is 6.75. The van der Waals surface area contributed by atoms with Crippen LogP contribution in [0.25, 0.3) is 0 Å². The number of ether oxygens (including phenoxy) is 2. The number of hydrogen-bond donors (Lipinski definition) is 0. The van der Waals surface area contributed by atoms with Gasteiger partial charge in [-0.1, -0.05) is 19.1 Å². The first-order valence-corrected chi connectivity index (χ1v) is 6.62. The first kappa shape index (κ1) is 14.1. The van der Waals surface area contributed by atoms with Gasteiger partial charge in [0.05, 0.1) is 7.11 Å². The smallest absolute Gasteiger partial charge is 0.200 e. The van der Waals surface area contributed by atoms with E-state index >= 15 is 0 Å². The van der Waals surface area contributed by atoms with Crippen molar-refractivity contribution in [3.8, 4) is 11.5 Å². The van der Waals surface area contributed by atoms with Crippen LogP contribution in [0.4, 0.5) is 0 Å². The lowest BCUT2D eigenvalue weighted by Crippen LogP contribution is -2.11. The van der Waals surface area contributed by atoms with Crippen LogP contribution in [0.15, 0.2) is 48.5 Å². The van der Waals surface area contributed by atoms with Crippen LogP contribution in [0, 0.1) is 0 Å². The standard InChI is InChI=1S/C17H18O3/c1-3-13-5-4-6-16(11-13)20-12-17(18)14-7-9-15(19-2)10-8-14/h4-11H,3,12H2,1-2H3. The summed E-state index contributed by atoms with van der Waals surface area (Å²) in [7, 11) is 1.60. The van der Waals surface area contributed by atoms with Crippen LogP contribution in [0.5, 0.6) is 11.5 Å². The molecule has 0 N–H and O–H groups in total. The fourth-order valence-corrected chi connectivity index (χ4v) is 1.86. The Kier molecular flexibility index (Phi) is 4.77. The van der Waals surface area contributed by atoms with Crippen LogP contribution in [-0.2, 0) is 6.42 Å². The number of carbonyl (C=O) groups excluding carboxylic acids is 1. The zero-order valence-corrected chi connectivity index (χ0v) is 11.8. The number of hydrogen-bond acceptors (Lipinski definition) is 3. The molecule has 0 amide bonds. The third-order valence-corrected chi connectivity index (χ3v) is 3.09. The highest BCUT2D eigenvalue weighted by atomic mass is 16.5. The van der Waals surface area contributed by atoms with E-state index in [0.717, 1.165) is 17.9 Å². The SMILES string of the molecule is CCc1cccc(OCC(=O)c2ccc(OC)cc2)c1. The first-order valence-electron chi connectivity index (χ1n) is 6.62. The number of ketones is 1. The maximum Gasteiger partial charge on any atom is 0.200 e. The molecule has 0 heterocycles. The normalized spacial score (nSPS) is 10.1. The van der Waals surface area contributed by atoms with Crippen LogP contribution in [0.2, 0.25) is 0 Å². The number of aryl methyl sites for hydroxylation is 1. The van der Waals surface area contributed by atoms with Gasteiger partial charge in [0.15, 0.2) is 12.4 Å². The lowest BCUT2D eigenvalue weighted by molar-refractivity contribution is 0.0921. The van der Waals surface area contributed by atoms with Crippen molar-refractivity contribution in [3.05, 3.63) is 59.7 Å². The van der Waals surface area contributed by atoms with E-state index in [-0.39, 0.29) is 12.4 Å². The Bertz CT molecular complexity index is 573. The van der Waals surface area contributed by atoms with E-state index < -0.39 is 0 Å². The lowest BCUT2D eigenvalue weighted by Gasteiger charge is -2.07. The van der Waals surface area contributed by atoms with Crippen molar-refractivity contribution in [1.29, 1.82) is 0 Å². The summed E-state index contributed by atoms with van der Waals surface area (Å²) in [6, 6.07) is 14.8. The summed E-state index contributed by atoms with van der Waals surface area (Å²) in [6.07, 6.45) is 0.948. The van der Waals surface area contributed by atoms with Crippen LogP contribution >= 0.6 is 0 Å². The molecule has 2 aromatic carbocycles. The van der Waals surface area contributed by atoms with Gasteiger partial charge in [-0.2, -0.15) is 0 Å². The quantitative estimate of drug-likeness (QED) is 0.753. The summed E-state index contributed by atoms with van der Waals surface area (Å²) < 4.78 is 10.6. The molecule has 0 aliphatic rings. The fourth-order valence-electron chi connectivity index (χ4n) is 1.86. The topological polar surface area (TPSA) is 35.5 Å². The Labute approximate surface area is 119 Å². The molecule has 3 nitrogen and oxygen atoms in total. The van der Waals surface area contributed by atoms with Crippen LogP contribution in [0.3, 0.4) is 0 Å². The Balaban J connectivity index is 1.97. The largest absolute Gasteiger partial charge is 0.497 e. The molecule has 2 rings (SSSR count). The number of carbonyl (C=O) groups is 1. The summed E-state index contributed by atoms with van der Waals surface area (Å²) >= 11 is 0. The highest BCUT2D eigenvalue weighted by Crippen LogP contribution is 2.15. The zero-order chi connectivity index (χ0) is 14.4. The van der Waals surface area contributed by atoms with Crippen molar-refractivity contribution in [2.75, 3.05) is 13.7 Å². The van der Waals surface area contributed by atoms with Crippen LogP contribution in [0.1, 0.15) is 22.8 Å². The van der Waals surface area contributed by atoms with Crippen LogP contribution < -0.4 is 9.47 Å². The average molecular weight is 270 g/mol. The summed E-state index contributed by atoms with van der Waals surface area (Å²) in [6.45, 7) is 2.13. The number of benzene rings is 2. The molecule has 0 bridgehead atoms. The van der Waals surface area contributed by atoms with Gasteiger partial charge in [0.25, 0.3) is 0 Å². The molecular weight excluding hydrogens is 252 g/mol. The summed E-state index contributed by atoms with van der Waals surface area (Å²) in [5.74, 6) is 1.42. The lowest BCUT2D eigenvalue weighted by atomic mass is 10.1. The molecule has 0 unspecified atom stereocenters. The van der Waals surface area contributed by atoms with Gasteiger partial charge in [0, 0.05) is 5.56 Å². The summed E-state index contributed by atoms with van der Waals surface area (Å²) in [4.78, 5) is 12.0. The minimum absolute atomic E-state index is 0.0412. The zero-order valence-electron chi connectivity index (χ0n) is 11.8. The van der Waals surface area contributed by atoms with Gasteiger partial charge in [-0.05, 0) is 48.4 Å². The molecule has 0 aromatic heterocycles. The second-order valence-electron chi connectivity index (χ2n) is 4.44. The van der Waals surface area contributed by atoms with Crippen molar-refractivity contribution < 1.29 is 14.3 Å². The van der Waals surface area contributed by atoms with E-state index in [0.29, 0.717) is 5.56 Å². The van der Waals surface area contributed by atoms with Gasteiger partial charge in [-0.3, -0.25) is 4.79 Å². The van der Waals surface area contributed by atoms with Crippen molar-refractivity contribution >= 4 is 5.78 Å². The molecule has 0 aliphatic carbocycles. The summed E-state index contributed by atoms with van der Waals surface area (Å²) in [5.41, 5.74) is 1.82. The number of Topliss-reactive ketones (excluding diaryl/α,β-unsaturated/α-hetero) is 1. The van der Waals surface area contributed by atoms with E-state index in [1.54, 1.807) is 31.4 Å². The van der Waals surface area contributed by atoms with Crippen molar-refractivity contribution in [1.82, 2.24) is 0 Å². The maximum absolute atomic E-state index is 12.0. The Hall–Kier alpha value is -2.29. The van der Waals surface area contributed by atoms with E-state index in [1.807, 2.05) is 24.3 Å². The predicted octanol–water partition coefficient (Wildman–Crippen LogP) is 3.52. The number of methoxy groups -OCH3 is 1. The molecule has 0 aliphatic heterocycles. The Morgan fingerprint density at radius 3 is 2.45 bits per heavy atom. The fraction of sp³-hybridized carbons (Fsp3) is 0.235. The van der Waals surface area contributed by atoms with Gasteiger partial charge in [0.2, 0.25) is 0 Å². The van der Waals surface area contributed by atoms with Gasteiger partial charge < -0.3 is 9.47 Å². The van der Waals surface area contributed by atoms with Gasteiger partial charge in [-0.15, -0.1) is 0 Å². The Morgan fingerprint density at radius 2 is 1.80 bits per heavy atom. The molecule has 0 saturated carbocycles. The average Bonchev–Trinajstić information content (AvgIpc) is 2.53. The molecule has 0 fully saturated rings. The van der Waals surface area contributed by atoms with Gasteiger partial charge in [-0.25, -0.2) is 0 Å². The second-order valence-corrected chi connectivity index (χ2v) is 4.44. The van der Waals surface area contributed by atoms with E-state index in [2.05, 4.69) is 6.92 Å². The minimum atomic E-state index is -0.0467. The molecule has 0 radical (unpaired) electrons. The predicted molar refractivity (Wildman–Crippen MR) is 78.6 cm³/mol. The van der Waals surface area contributed by atoms with Crippen molar-refractivity contribution in [2.45, 2.75) is 13.3 Å². The molecule has 2 aromatic rings. The van der Waals surface area contributed by atoms with E-state index in [4.69, 9.17) is 9.47 Å². The number of rotatable bonds is 6. The van der Waals surface area contributed by atoms with E-state index in [9.17, 15) is 4.79 Å².